The number of carbonyl (C=O) groups excluding carboxylic acids is 3. The van der Waals surface area contributed by atoms with Crippen molar-refractivity contribution in [1.29, 1.82) is 0 Å². The van der Waals surface area contributed by atoms with Gasteiger partial charge in [-0.3, -0.25) is 14.4 Å². The number of fused-ring (bicyclic) bond motifs is 1. The van der Waals surface area contributed by atoms with Gasteiger partial charge in [0.05, 0.1) is 41.5 Å². The lowest BCUT2D eigenvalue weighted by molar-refractivity contribution is -0.160. The van der Waals surface area contributed by atoms with Gasteiger partial charge in [0.25, 0.3) is 5.91 Å². The number of benzene rings is 1. The second kappa shape index (κ2) is 11.2. The van der Waals surface area contributed by atoms with Crippen molar-refractivity contribution in [1.82, 2.24) is 4.90 Å². The summed E-state index contributed by atoms with van der Waals surface area (Å²) in [6, 6.07) is 5.32. The van der Waals surface area contributed by atoms with Gasteiger partial charge >= 0.3 is 5.97 Å². The SMILES string of the molecule is C=CCCCOC(=O)[C@@H]1[C@H]2C(=O)N([C@@H](CC)CO)C(C(=O)N(CC=C)c3ccccc3Cl)C23CC[C@@]1(C)O3. The second-order valence-corrected chi connectivity index (χ2v) is 10.9. The molecule has 3 aliphatic heterocycles. The van der Waals surface area contributed by atoms with Gasteiger partial charge in [-0.05, 0) is 51.2 Å². The minimum Gasteiger partial charge on any atom is -0.465 e. The zero-order valence-corrected chi connectivity index (χ0v) is 22.9. The largest absolute Gasteiger partial charge is 0.465 e. The Hall–Kier alpha value is -2.68. The average Bonchev–Trinajstić information content (AvgIpc) is 3.47. The van der Waals surface area contributed by atoms with Crippen LogP contribution in [0.4, 0.5) is 5.69 Å². The van der Waals surface area contributed by atoms with Crippen molar-refractivity contribution in [2.45, 2.75) is 69.2 Å². The van der Waals surface area contributed by atoms with Crippen molar-refractivity contribution in [2.75, 3.05) is 24.7 Å². The van der Waals surface area contributed by atoms with E-state index in [4.69, 9.17) is 21.1 Å². The molecule has 1 N–H and O–H groups in total. The van der Waals surface area contributed by atoms with E-state index in [1.54, 1.807) is 36.4 Å². The Labute approximate surface area is 229 Å². The Morgan fingerprint density at radius 3 is 2.68 bits per heavy atom. The smallest absolute Gasteiger partial charge is 0.312 e. The van der Waals surface area contributed by atoms with E-state index in [9.17, 15) is 19.5 Å². The van der Waals surface area contributed by atoms with Crippen molar-refractivity contribution in [3.05, 3.63) is 54.6 Å². The highest BCUT2D eigenvalue weighted by Gasteiger charge is 2.79. The number of amides is 2. The third-order valence-electron chi connectivity index (χ3n) is 8.30. The number of aliphatic hydroxyl groups excluding tert-OH is 1. The van der Waals surface area contributed by atoms with Crippen LogP contribution in [0.5, 0.6) is 0 Å². The number of nitrogens with zero attached hydrogens (tertiary/aromatic N) is 2. The lowest BCUT2D eigenvalue weighted by Gasteiger charge is -2.39. The third kappa shape index (κ3) is 4.46. The quantitative estimate of drug-likeness (QED) is 0.243. The van der Waals surface area contributed by atoms with Crippen LogP contribution in [0.1, 0.15) is 46.0 Å². The van der Waals surface area contributed by atoms with Crippen LogP contribution in [0.2, 0.25) is 5.02 Å². The zero-order valence-electron chi connectivity index (χ0n) is 22.1. The molecule has 0 aliphatic carbocycles. The molecule has 1 aromatic rings. The lowest BCUT2D eigenvalue weighted by Crippen LogP contribution is -2.59. The van der Waals surface area contributed by atoms with E-state index < -0.39 is 41.1 Å². The normalized spacial score (nSPS) is 30.2. The predicted octanol–water partition coefficient (Wildman–Crippen LogP) is 3.90. The molecule has 3 fully saturated rings. The molecule has 38 heavy (non-hydrogen) atoms. The molecule has 6 atom stereocenters. The van der Waals surface area contributed by atoms with E-state index in [1.807, 2.05) is 13.8 Å². The molecular weight excluding hydrogens is 508 g/mol. The number of hydrogen-bond acceptors (Lipinski definition) is 6. The first-order valence-electron chi connectivity index (χ1n) is 13.3. The first-order chi connectivity index (χ1) is 18.2. The van der Waals surface area contributed by atoms with E-state index in [0.29, 0.717) is 42.8 Å². The van der Waals surface area contributed by atoms with Crippen LogP contribution in [-0.2, 0) is 23.9 Å². The number of para-hydroxylation sites is 1. The van der Waals surface area contributed by atoms with Crippen molar-refractivity contribution >= 4 is 35.1 Å². The molecule has 1 aromatic carbocycles. The van der Waals surface area contributed by atoms with Gasteiger partial charge in [-0.1, -0.05) is 42.8 Å². The van der Waals surface area contributed by atoms with Gasteiger partial charge in [0.1, 0.15) is 17.6 Å². The maximum absolute atomic E-state index is 14.5. The van der Waals surface area contributed by atoms with Crippen molar-refractivity contribution in [3.8, 4) is 0 Å². The summed E-state index contributed by atoms with van der Waals surface area (Å²) in [5.74, 6) is -2.98. The molecule has 1 spiro atoms. The minimum atomic E-state index is -1.23. The summed E-state index contributed by atoms with van der Waals surface area (Å²) in [6.45, 7) is 11.2. The summed E-state index contributed by atoms with van der Waals surface area (Å²) in [6.07, 6.45) is 6.05. The maximum Gasteiger partial charge on any atom is 0.312 e. The predicted molar refractivity (Wildman–Crippen MR) is 145 cm³/mol. The van der Waals surface area contributed by atoms with Crippen LogP contribution in [-0.4, -0.2) is 70.8 Å². The van der Waals surface area contributed by atoms with Crippen molar-refractivity contribution in [2.24, 2.45) is 11.8 Å². The molecule has 0 radical (unpaired) electrons. The van der Waals surface area contributed by atoms with Crippen LogP contribution < -0.4 is 4.90 Å². The van der Waals surface area contributed by atoms with Gasteiger partial charge in [0, 0.05) is 6.54 Å². The van der Waals surface area contributed by atoms with Crippen molar-refractivity contribution in [3.63, 3.8) is 0 Å². The Morgan fingerprint density at radius 1 is 1.32 bits per heavy atom. The maximum atomic E-state index is 14.5. The Morgan fingerprint density at radius 2 is 2.05 bits per heavy atom. The molecule has 3 aliphatic rings. The third-order valence-corrected chi connectivity index (χ3v) is 8.62. The molecule has 0 saturated carbocycles. The number of unbranched alkanes of at least 4 members (excludes halogenated alkanes) is 1. The number of aliphatic hydroxyl groups is 1. The Kier molecular flexibility index (Phi) is 8.35. The van der Waals surface area contributed by atoms with Gasteiger partial charge in [-0.15, -0.1) is 13.2 Å². The molecule has 2 unspecified atom stereocenters. The molecule has 2 bridgehead atoms. The molecule has 206 valence electrons. The zero-order chi connectivity index (χ0) is 27.7. The molecule has 2 amide bonds. The van der Waals surface area contributed by atoms with Crippen LogP contribution in [0, 0.1) is 11.8 Å². The number of hydrogen-bond donors (Lipinski definition) is 1. The number of ether oxygens (including phenoxy) is 2. The molecule has 3 saturated heterocycles. The van der Waals surface area contributed by atoms with Crippen molar-refractivity contribution < 1.29 is 29.0 Å². The van der Waals surface area contributed by atoms with Gasteiger partial charge in [-0.25, -0.2) is 0 Å². The van der Waals surface area contributed by atoms with Gasteiger partial charge in [-0.2, -0.15) is 0 Å². The van der Waals surface area contributed by atoms with E-state index in [1.165, 1.54) is 9.80 Å². The topological polar surface area (TPSA) is 96.4 Å². The number of rotatable bonds is 12. The fraction of sp³-hybridized carbons (Fsp3) is 0.552. The highest BCUT2D eigenvalue weighted by molar-refractivity contribution is 6.34. The average molecular weight is 545 g/mol. The van der Waals surface area contributed by atoms with Crippen LogP contribution in [0.15, 0.2) is 49.6 Å². The highest BCUT2D eigenvalue weighted by Crippen LogP contribution is 2.64. The Bertz CT molecular complexity index is 1110. The molecule has 3 heterocycles. The standard InChI is InChI=1S/C29H37ClN2O6/c1-5-8-11-17-37-27(36)23-22-25(34)32(19(7-3)18-33)24(29(22)15-14-28(23,4)38-29)26(35)31(16-6-2)21-13-10-9-12-20(21)30/h5-6,9-10,12-13,19,22-24,33H,1-2,7-8,11,14-18H2,3-4H3/t19-,22-,23-,24?,28+,29?/m0/s1. The molecule has 0 aromatic heterocycles. The fourth-order valence-electron chi connectivity index (χ4n) is 6.55. The number of esters is 1. The second-order valence-electron chi connectivity index (χ2n) is 10.5. The van der Waals surface area contributed by atoms with Crippen LogP contribution >= 0.6 is 11.6 Å². The number of allylic oxidation sites excluding steroid dienone is 1. The molecule has 4 rings (SSSR count). The summed E-state index contributed by atoms with van der Waals surface area (Å²) in [5, 5.41) is 10.6. The number of likely N-dealkylation sites (tertiary alicyclic amines) is 1. The van der Waals surface area contributed by atoms with E-state index in [0.717, 1.165) is 0 Å². The van der Waals surface area contributed by atoms with Gasteiger partial charge in [0.2, 0.25) is 5.91 Å². The fourth-order valence-corrected chi connectivity index (χ4v) is 6.79. The van der Waals surface area contributed by atoms with Crippen LogP contribution in [0.25, 0.3) is 0 Å². The summed E-state index contributed by atoms with van der Waals surface area (Å²) in [5.41, 5.74) is -1.67. The molecular formula is C29H37ClN2O6. The van der Waals surface area contributed by atoms with E-state index in [-0.39, 0.29) is 31.6 Å². The number of halogens is 1. The molecule has 8 nitrogen and oxygen atoms in total. The monoisotopic (exact) mass is 544 g/mol. The minimum absolute atomic E-state index is 0.157. The summed E-state index contributed by atoms with van der Waals surface area (Å²) in [7, 11) is 0. The molecule has 9 heteroatoms. The number of carbonyl (C=O) groups is 3. The highest BCUT2D eigenvalue weighted by atomic mass is 35.5. The summed E-state index contributed by atoms with van der Waals surface area (Å²) < 4.78 is 12.2. The number of anilines is 1. The van der Waals surface area contributed by atoms with Gasteiger partial charge in [0.15, 0.2) is 0 Å². The first kappa shape index (κ1) is 28.3. The lowest BCUT2D eigenvalue weighted by atomic mass is 9.66. The Balaban J connectivity index is 1.78. The van der Waals surface area contributed by atoms with E-state index >= 15 is 0 Å². The first-order valence-corrected chi connectivity index (χ1v) is 13.7. The van der Waals surface area contributed by atoms with Gasteiger partial charge < -0.3 is 24.4 Å². The van der Waals surface area contributed by atoms with Crippen LogP contribution in [0.3, 0.4) is 0 Å². The summed E-state index contributed by atoms with van der Waals surface area (Å²) >= 11 is 6.49. The van der Waals surface area contributed by atoms with E-state index in [2.05, 4.69) is 13.2 Å². The summed E-state index contributed by atoms with van der Waals surface area (Å²) in [4.78, 5) is 45.0.